The van der Waals surface area contributed by atoms with Crippen molar-refractivity contribution in [3.63, 3.8) is 0 Å². The van der Waals surface area contributed by atoms with Crippen LogP contribution in [0.4, 0.5) is 0 Å². The molecule has 1 fully saturated rings. The largest absolute Gasteiger partial charge is 0.270 e. The number of hydrazine groups is 1. The van der Waals surface area contributed by atoms with Gasteiger partial charge in [0.25, 0.3) is 15.9 Å². The number of nitrogens with zero attached hydrogens (tertiary/aromatic N) is 1. The zero-order valence-electron chi connectivity index (χ0n) is 14.4. The number of carbonyl (C=O) groups excluding carboxylic acids is 1. The van der Waals surface area contributed by atoms with Crippen molar-refractivity contribution in [2.45, 2.75) is 5.25 Å². The summed E-state index contributed by atoms with van der Waals surface area (Å²) in [7, 11) is -3.83. The van der Waals surface area contributed by atoms with Crippen molar-refractivity contribution in [1.29, 1.82) is 0 Å². The van der Waals surface area contributed by atoms with Crippen LogP contribution in [0.5, 0.6) is 0 Å². The van der Waals surface area contributed by atoms with Crippen molar-refractivity contribution >= 4 is 15.9 Å². The fourth-order valence-corrected chi connectivity index (χ4v) is 5.43. The molecule has 6 heteroatoms. The lowest BCUT2D eigenvalue weighted by molar-refractivity contribution is 0.0897. The van der Waals surface area contributed by atoms with Crippen molar-refractivity contribution in [2.24, 2.45) is 5.92 Å². The van der Waals surface area contributed by atoms with Crippen molar-refractivity contribution in [2.75, 3.05) is 0 Å². The summed E-state index contributed by atoms with van der Waals surface area (Å²) < 4.78 is 27.7. The summed E-state index contributed by atoms with van der Waals surface area (Å²) in [6.07, 6.45) is 9.05. The molecule has 5 nitrogen and oxygen atoms in total. The molecular formula is C21H18N2O3S. The number of hydrogen-bond donors (Lipinski definition) is 1. The van der Waals surface area contributed by atoms with Crippen molar-refractivity contribution in [1.82, 2.24) is 9.84 Å². The van der Waals surface area contributed by atoms with E-state index in [0.717, 1.165) is 4.41 Å². The van der Waals surface area contributed by atoms with Crippen LogP contribution in [-0.4, -0.2) is 18.7 Å². The lowest BCUT2D eigenvalue weighted by Gasteiger charge is -2.20. The predicted molar refractivity (Wildman–Crippen MR) is 104 cm³/mol. The van der Waals surface area contributed by atoms with Crippen LogP contribution >= 0.6 is 0 Å². The van der Waals surface area contributed by atoms with Crippen LogP contribution in [0.3, 0.4) is 0 Å². The van der Waals surface area contributed by atoms with Gasteiger partial charge >= 0.3 is 0 Å². The van der Waals surface area contributed by atoms with Gasteiger partial charge < -0.3 is 0 Å². The van der Waals surface area contributed by atoms with Gasteiger partial charge in [0.1, 0.15) is 5.25 Å². The molecule has 1 aliphatic carbocycles. The maximum atomic E-state index is 13.4. The highest BCUT2D eigenvalue weighted by Crippen LogP contribution is 2.46. The normalized spacial score (nSPS) is 22.7. The molecule has 0 unspecified atom stereocenters. The summed E-state index contributed by atoms with van der Waals surface area (Å²) in [5, 5.41) is -0.794. The number of allylic oxidation sites excluding steroid dienone is 5. The second kappa shape index (κ2) is 6.89. The van der Waals surface area contributed by atoms with Crippen LogP contribution in [0, 0.1) is 5.92 Å². The molecule has 27 heavy (non-hydrogen) atoms. The molecule has 1 heterocycles. The van der Waals surface area contributed by atoms with E-state index in [1.165, 1.54) is 0 Å². The fourth-order valence-electron chi connectivity index (χ4n) is 3.41. The van der Waals surface area contributed by atoms with E-state index in [1.807, 2.05) is 36.4 Å². The zero-order valence-corrected chi connectivity index (χ0v) is 15.2. The van der Waals surface area contributed by atoms with Gasteiger partial charge in [-0.25, -0.2) is 13.8 Å². The maximum Gasteiger partial charge on any atom is 0.270 e. The van der Waals surface area contributed by atoms with Gasteiger partial charge in [-0.2, -0.15) is 4.41 Å². The first-order valence-corrected chi connectivity index (χ1v) is 10.1. The van der Waals surface area contributed by atoms with Crippen molar-refractivity contribution in [3.8, 4) is 0 Å². The Labute approximate surface area is 158 Å². The molecule has 1 amide bonds. The molecule has 0 aromatic heterocycles. The number of nitrogens with one attached hydrogen (secondary N) is 1. The minimum atomic E-state index is -3.83. The Hall–Kier alpha value is -3.12. The molecular weight excluding hydrogens is 360 g/mol. The zero-order chi connectivity index (χ0) is 18.9. The van der Waals surface area contributed by atoms with E-state index in [-0.39, 0.29) is 5.92 Å². The van der Waals surface area contributed by atoms with E-state index < -0.39 is 21.2 Å². The Morgan fingerprint density at radius 1 is 0.889 bits per heavy atom. The molecule has 2 aliphatic rings. The third-order valence-corrected chi connectivity index (χ3v) is 6.67. The van der Waals surface area contributed by atoms with Crippen LogP contribution in [0.25, 0.3) is 0 Å². The molecule has 1 aliphatic heterocycles. The van der Waals surface area contributed by atoms with E-state index in [9.17, 15) is 13.2 Å². The van der Waals surface area contributed by atoms with E-state index in [1.54, 1.807) is 54.6 Å². The molecule has 0 bridgehead atoms. The highest BCUT2D eigenvalue weighted by molar-refractivity contribution is 7.89. The lowest BCUT2D eigenvalue weighted by atomic mass is 9.95. The molecule has 1 N–H and O–H groups in total. The highest BCUT2D eigenvalue weighted by atomic mass is 32.2. The Bertz CT molecular complexity index is 1040. The lowest BCUT2D eigenvalue weighted by Crippen LogP contribution is -2.42. The summed E-state index contributed by atoms with van der Waals surface area (Å²) in [5.41, 5.74) is 4.20. The third-order valence-electron chi connectivity index (χ3n) is 4.65. The molecule has 0 saturated carbocycles. The van der Waals surface area contributed by atoms with Crippen molar-refractivity contribution < 1.29 is 13.2 Å². The van der Waals surface area contributed by atoms with E-state index in [0.29, 0.717) is 16.8 Å². The van der Waals surface area contributed by atoms with Gasteiger partial charge in [-0.1, -0.05) is 72.8 Å². The average molecular weight is 378 g/mol. The topological polar surface area (TPSA) is 66.5 Å². The molecule has 0 radical (unpaired) electrons. The minimum absolute atomic E-state index is 0.386. The van der Waals surface area contributed by atoms with Gasteiger partial charge in [0.2, 0.25) is 0 Å². The quantitative estimate of drug-likeness (QED) is 0.891. The number of amides is 1. The Morgan fingerprint density at radius 2 is 1.56 bits per heavy atom. The number of benzene rings is 2. The second-order valence-electron chi connectivity index (χ2n) is 6.33. The third kappa shape index (κ3) is 3.08. The minimum Gasteiger partial charge on any atom is -0.267 e. The summed E-state index contributed by atoms with van der Waals surface area (Å²) in [5.74, 6) is -0.854. The first kappa shape index (κ1) is 17.3. The number of sulfonamides is 1. The molecule has 4 rings (SSSR count). The molecule has 2 atom stereocenters. The smallest absolute Gasteiger partial charge is 0.267 e. The van der Waals surface area contributed by atoms with Gasteiger partial charge in [-0.05, 0) is 23.8 Å². The average Bonchev–Trinajstić information content (AvgIpc) is 2.84. The van der Waals surface area contributed by atoms with Crippen LogP contribution in [0.2, 0.25) is 0 Å². The van der Waals surface area contributed by atoms with Crippen molar-refractivity contribution in [3.05, 3.63) is 108 Å². The van der Waals surface area contributed by atoms with E-state index in [2.05, 4.69) is 5.43 Å². The molecule has 136 valence electrons. The Morgan fingerprint density at radius 3 is 2.26 bits per heavy atom. The summed E-state index contributed by atoms with van der Waals surface area (Å²) >= 11 is 0. The standard InChI is InChI=1S/C21H18N2O3S/c24-21(17-12-6-2-7-13-17)22-23-19-15-9-3-8-14-18(19)20(27(23,25)26)16-10-4-1-5-11-16/h1-15,18,20H,(H,22,24)/t18-,20-/m1/s1. The molecule has 0 spiro atoms. The number of carbonyl (C=O) groups is 1. The summed E-state index contributed by atoms with van der Waals surface area (Å²) in [6.45, 7) is 0. The monoisotopic (exact) mass is 378 g/mol. The summed E-state index contributed by atoms with van der Waals surface area (Å²) in [6, 6.07) is 17.6. The number of rotatable bonds is 3. The van der Waals surface area contributed by atoms with Crippen LogP contribution in [0.15, 0.2) is 96.7 Å². The molecule has 2 aromatic rings. The molecule has 1 saturated heterocycles. The van der Waals surface area contributed by atoms with Gasteiger partial charge in [0.15, 0.2) is 0 Å². The predicted octanol–water partition coefficient (Wildman–Crippen LogP) is 3.34. The Balaban J connectivity index is 1.77. The van der Waals surface area contributed by atoms with Crippen LogP contribution in [0.1, 0.15) is 21.2 Å². The number of fused-ring (bicyclic) bond motifs is 1. The fraction of sp³-hybridized carbons (Fsp3) is 0.0952. The van der Waals surface area contributed by atoms with Gasteiger partial charge in [-0.15, -0.1) is 0 Å². The first-order chi connectivity index (χ1) is 13.1. The van der Waals surface area contributed by atoms with Gasteiger partial charge in [-0.3, -0.25) is 4.79 Å². The molecule has 2 aromatic carbocycles. The van der Waals surface area contributed by atoms with Crippen LogP contribution in [-0.2, 0) is 10.0 Å². The van der Waals surface area contributed by atoms with Crippen LogP contribution < -0.4 is 5.43 Å². The van der Waals surface area contributed by atoms with E-state index in [4.69, 9.17) is 0 Å². The van der Waals surface area contributed by atoms with Gasteiger partial charge in [0, 0.05) is 11.5 Å². The first-order valence-electron chi connectivity index (χ1n) is 8.59. The number of hydrogen-bond acceptors (Lipinski definition) is 3. The maximum absolute atomic E-state index is 13.4. The Kier molecular flexibility index (Phi) is 4.41. The SMILES string of the molecule is O=C(NN1C2=CC=CC=C[C@H]2[C@@H](c2ccccc2)S1(=O)=O)c1ccccc1. The second-order valence-corrected chi connectivity index (χ2v) is 8.24. The highest BCUT2D eigenvalue weighted by Gasteiger charge is 2.50. The summed E-state index contributed by atoms with van der Waals surface area (Å²) in [4.78, 5) is 12.6. The van der Waals surface area contributed by atoms with Gasteiger partial charge in [0.05, 0.1) is 5.70 Å². The van der Waals surface area contributed by atoms with E-state index >= 15 is 0 Å².